The number of aliphatic hydroxyl groups excluding tert-OH is 1. The van der Waals surface area contributed by atoms with Crippen molar-refractivity contribution in [1.29, 1.82) is 0 Å². The summed E-state index contributed by atoms with van der Waals surface area (Å²) in [5.41, 5.74) is 1.06. The molecule has 0 aromatic heterocycles. The Labute approximate surface area is 149 Å². The molecule has 1 aromatic rings. The number of methoxy groups -OCH3 is 1. The monoisotopic (exact) mass is 352 g/mol. The van der Waals surface area contributed by atoms with Crippen LogP contribution < -0.4 is 4.74 Å². The summed E-state index contributed by atoms with van der Waals surface area (Å²) in [4.78, 5) is 0. The average molecular weight is 352 g/mol. The summed E-state index contributed by atoms with van der Waals surface area (Å²) in [6, 6.07) is 7.80. The molecular formula is C19H28O6. The molecule has 0 saturated carbocycles. The first-order chi connectivity index (χ1) is 11.9. The molecule has 2 aliphatic heterocycles. The Balaban J connectivity index is 1.72. The number of benzene rings is 1. The van der Waals surface area contributed by atoms with Crippen molar-refractivity contribution in [2.45, 2.75) is 57.6 Å². The molecule has 140 valence electrons. The van der Waals surface area contributed by atoms with E-state index in [0.29, 0.717) is 13.2 Å². The fourth-order valence-corrected chi connectivity index (χ4v) is 3.44. The van der Waals surface area contributed by atoms with E-state index in [9.17, 15) is 5.11 Å². The van der Waals surface area contributed by atoms with Gasteiger partial charge in [0.15, 0.2) is 5.79 Å². The number of hydrogen-bond acceptors (Lipinski definition) is 6. The van der Waals surface area contributed by atoms with Gasteiger partial charge in [-0.2, -0.15) is 0 Å². The van der Waals surface area contributed by atoms with E-state index in [-0.39, 0.29) is 36.9 Å². The number of fused-ring (bicyclic) bond motifs is 1. The average Bonchev–Trinajstić information content (AvgIpc) is 2.60. The lowest BCUT2D eigenvalue weighted by atomic mass is 9.87. The van der Waals surface area contributed by atoms with E-state index in [4.69, 9.17) is 23.7 Å². The minimum Gasteiger partial charge on any atom is -0.497 e. The van der Waals surface area contributed by atoms with E-state index in [1.807, 2.05) is 45.0 Å². The highest BCUT2D eigenvalue weighted by Crippen LogP contribution is 2.36. The van der Waals surface area contributed by atoms with E-state index in [1.165, 1.54) is 0 Å². The van der Waals surface area contributed by atoms with Crippen LogP contribution >= 0.6 is 0 Å². The fourth-order valence-electron chi connectivity index (χ4n) is 3.44. The molecule has 2 fully saturated rings. The predicted octanol–water partition coefficient (Wildman–Crippen LogP) is 2.13. The van der Waals surface area contributed by atoms with Crippen molar-refractivity contribution in [3.05, 3.63) is 29.8 Å². The van der Waals surface area contributed by atoms with E-state index in [1.54, 1.807) is 7.11 Å². The maximum atomic E-state index is 9.64. The Morgan fingerprint density at radius 3 is 2.60 bits per heavy atom. The van der Waals surface area contributed by atoms with Crippen LogP contribution in [0.15, 0.2) is 24.3 Å². The molecule has 2 heterocycles. The molecule has 6 nitrogen and oxygen atoms in total. The highest BCUT2D eigenvalue weighted by molar-refractivity contribution is 5.26. The Morgan fingerprint density at radius 2 is 1.96 bits per heavy atom. The second-order valence-corrected chi connectivity index (χ2v) is 7.17. The van der Waals surface area contributed by atoms with Crippen LogP contribution in [0, 0.1) is 5.92 Å². The third-order valence-electron chi connectivity index (χ3n) is 4.94. The third-order valence-corrected chi connectivity index (χ3v) is 4.94. The largest absolute Gasteiger partial charge is 0.497 e. The molecular weight excluding hydrogens is 324 g/mol. The van der Waals surface area contributed by atoms with Gasteiger partial charge in [0.05, 0.1) is 39.1 Å². The van der Waals surface area contributed by atoms with Gasteiger partial charge in [-0.25, -0.2) is 0 Å². The van der Waals surface area contributed by atoms with Crippen molar-refractivity contribution in [2.75, 3.05) is 20.3 Å². The summed E-state index contributed by atoms with van der Waals surface area (Å²) in [6.45, 7) is 6.67. The van der Waals surface area contributed by atoms with Crippen molar-refractivity contribution in [3.8, 4) is 5.75 Å². The van der Waals surface area contributed by atoms with Crippen molar-refractivity contribution < 1.29 is 28.8 Å². The molecule has 0 amide bonds. The molecule has 2 aliphatic rings. The zero-order valence-corrected chi connectivity index (χ0v) is 15.3. The van der Waals surface area contributed by atoms with Crippen molar-refractivity contribution >= 4 is 0 Å². The van der Waals surface area contributed by atoms with Crippen LogP contribution in [-0.2, 0) is 25.6 Å². The summed E-state index contributed by atoms with van der Waals surface area (Å²) in [5, 5.41) is 9.64. The van der Waals surface area contributed by atoms with Gasteiger partial charge >= 0.3 is 0 Å². The van der Waals surface area contributed by atoms with Crippen LogP contribution in [-0.4, -0.2) is 55.6 Å². The topological polar surface area (TPSA) is 66.4 Å². The van der Waals surface area contributed by atoms with E-state index in [2.05, 4.69) is 0 Å². The number of hydrogen-bond donors (Lipinski definition) is 1. The summed E-state index contributed by atoms with van der Waals surface area (Å²) < 4.78 is 29.2. The normalized spacial score (nSPS) is 34.4. The van der Waals surface area contributed by atoms with Gasteiger partial charge in [-0.3, -0.25) is 0 Å². The van der Waals surface area contributed by atoms with Gasteiger partial charge in [0.2, 0.25) is 0 Å². The minimum absolute atomic E-state index is 0.0124. The van der Waals surface area contributed by atoms with E-state index < -0.39 is 5.79 Å². The van der Waals surface area contributed by atoms with E-state index in [0.717, 1.165) is 11.3 Å². The van der Waals surface area contributed by atoms with Gasteiger partial charge in [0, 0.05) is 5.92 Å². The lowest BCUT2D eigenvalue weighted by Gasteiger charge is -2.50. The van der Waals surface area contributed by atoms with Crippen molar-refractivity contribution in [1.82, 2.24) is 0 Å². The third kappa shape index (κ3) is 4.15. The molecule has 0 spiro atoms. The first-order valence-corrected chi connectivity index (χ1v) is 8.76. The summed E-state index contributed by atoms with van der Waals surface area (Å²) in [5.74, 6) is 0.161. The van der Waals surface area contributed by atoms with E-state index >= 15 is 0 Å². The Kier molecular flexibility index (Phi) is 5.65. The zero-order chi connectivity index (χ0) is 18.0. The van der Waals surface area contributed by atoms with Crippen LogP contribution in [0.3, 0.4) is 0 Å². The molecule has 5 atom stereocenters. The maximum absolute atomic E-state index is 9.64. The molecule has 25 heavy (non-hydrogen) atoms. The highest BCUT2D eigenvalue weighted by Gasteiger charge is 2.50. The summed E-state index contributed by atoms with van der Waals surface area (Å²) in [7, 11) is 1.65. The summed E-state index contributed by atoms with van der Waals surface area (Å²) >= 11 is 0. The van der Waals surface area contributed by atoms with Crippen LogP contribution in [0.2, 0.25) is 0 Å². The lowest BCUT2D eigenvalue weighted by Crippen LogP contribution is -2.63. The maximum Gasteiger partial charge on any atom is 0.163 e. The van der Waals surface area contributed by atoms with Gasteiger partial charge in [-0.1, -0.05) is 19.1 Å². The second-order valence-electron chi connectivity index (χ2n) is 7.17. The smallest absolute Gasteiger partial charge is 0.163 e. The van der Waals surface area contributed by atoms with Crippen molar-refractivity contribution in [3.63, 3.8) is 0 Å². The standard InChI is InChI=1S/C19H28O6/c1-12-15(9-20)24-16-11-23-19(2,3)25-18(16)17(12)22-10-13-5-7-14(21-4)8-6-13/h5-8,12,15-18,20H,9-11H2,1-4H3/t12-,15-,16+,17+,18+/m0/s1. The first-order valence-electron chi connectivity index (χ1n) is 8.76. The quantitative estimate of drug-likeness (QED) is 0.876. The van der Waals surface area contributed by atoms with Crippen molar-refractivity contribution in [2.24, 2.45) is 5.92 Å². The molecule has 6 heteroatoms. The molecule has 0 radical (unpaired) electrons. The van der Waals surface area contributed by atoms with Crippen LogP contribution in [0.4, 0.5) is 0 Å². The Morgan fingerprint density at radius 1 is 1.24 bits per heavy atom. The minimum atomic E-state index is -0.669. The predicted molar refractivity (Wildman–Crippen MR) is 91.4 cm³/mol. The van der Waals surface area contributed by atoms with Crippen LogP contribution in [0.1, 0.15) is 26.3 Å². The Hall–Kier alpha value is -1.18. The number of ether oxygens (including phenoxy) is 5. The van der Waals surface area contributed by atoms with Gasteiger partial charge in [0.1, 0.15) is 18.0 Å². The first kappa shape index (κ1) is 18.6. The van der Waals surface area contributed by atoms with Gasteiger partial charge in [0.25, 0.3) is 0 Å². The molecule has 0 aliphatic carbocycles. The molecule has 0 bridgehead atoms. The molecule has 1 aromatic carbocycles. The highest BCUT2D eigenvalue weighted by atomic mass is 16.7. The number of aliphatic hydroxyl groups is 1. The molecule has 2 saturated heterocycles. The van der Waals surface area contributed by atoms with Gasteiger partial charge in [-0.05, 0) is 31.5 Å². The zero-order valence-electron chi connectivity index (χ0n) is 15.3. The molecule has 3 rings (SSSR count). The van der Waals surface area contributed by atoms with Crippen LogP contribution in [0.25, 0.3) is 0 Å². The van der Waals surface area contributed by atoms with Gasteiger partial charge in [-0.15, -0.1) is 0 Å². The fraction of sp³-hybridized carbons (Fsp3) is 0.684. The van der Waals surface area contributed by atoms with Crippen LogP contribution in [0.5, 0.6) is 5.75 Å². The SMILES string of the molecule is COc1ccc(CO[C@@H]2[C@@H](C)[C@H](CO)O[C@@H]3COC(C)(C)O[C@@H]23)cc1. The molecule has 0 unspecified atom stereocenters. The second kappa shape index (κ2) is 7.60. The lowest BCUT2D eigenvalue weighted by molar-refractivity contribution is -0.358. The number of rotatable bonds is 5. The summed E-state index contributed by atoms with van der Waals surface area (Å²) in [6.07, 6.45) is -0.918. The Bertz CT molecular complexity index is 558. The van der Waals surface area contributed by atoms with Gasteiger partial charge < -0.3 is 28.8 Å². The molecule has 1 N–H and O–H groups in total.